The molecule has 0 spiro atoms. The van der Waals surface area contributed by atoms with Crippen LogP contribution in [-0.2, 0) is 22.9 Å². The summed E-state index contributed by atoms with van der Waals surface area (Å²) < 4.78 is 41.1. The smallest absolute Gasteiger partial charge is 0.241 e. The molecule has 4 nitrogen and oxygen atoms in total. The van der Waals surface area contributed by atoms with Crippen LogP contribution in [0.3, 0.4) is 0 Å². The van der Waals surface area contributed by atoms with Crippen molar-refractivity contribution in [1.29, 1.82) is 0 Å². The van der Waals surface area contributed by atoms with E-state index in [2.05, 4.69) is 9.71 Å². The van der Waals surface area contributed by atoms with Crippen LogP contribution < -0.4 is 4.72 Å². The number of hydrogen-bond donors (Lipinski definition) is 1. The lowest BCUT2D eigenvalue weighted by atomic mass is 10.2. The molecule has 0 radical (unpaired) electrons. The number of benzene rings is 1. The zero-order valence-electron chi connectivity index (χ0n) is 14.5. The molecule has 1 N–H and O–H groups in total. The molecule has 0 bridgehead atoms. The Balaban J connectivity index is 1.67. The maximum Gasteiger partial charge on any atom is 0.250 e. The van der Waals surface area contributed by atoms with Gasteiger partial charge in [0.15, 0.2) is 0 Å². The summed E-state index contributed by atoms with van der Waals surface area (Å²) in [5, 5.41) is 0.741. The topological polar surface area (TPSA) is 59.1 Å². The van der Waals surface area contributed by atoms with E-state index in [0.29, 0.717) is 17.2 Å². The number of aromatic nitrogens is 1. The number of thiophene rings is 1. The summed E-state index contributed by atoms with van der Waals surface area (Å²) in [5.41, 5.74) is 1.58. The molecule has 0 atom stereocenters. The summed E-state index contributed by atoms with van der Waals surface area (Å²) in [5.74, 6) is -0.299. The Morgan fingerprint density at radius 2 is 2.00 bits per heavy atom. The Bertz CT molecular complexity index is 1010. The molecule has 3 rings (SSSR count). The van der Waals surface area contributed by atoms with Crippen LogP contribution in [-0.4, -0.2) is 19.9 Å². The minimum atomic E-state index is -3.48. The van der Waals surface area contributed by atoms with Crippen LogP contribution in [0.15, 0.2) is 40.6 Å². The Kier molecular flexibility index (Phi) is 5.86. The first-order valence-electron chi connectivity index (χ1n) is 8.19. The largest absolute Gasteiger partial charge is 0.250 e. The number of halogens is 1. The molecule has 8 heteroatoms. The molecule has 138 valence electrons. The van der Waals surface area contributed by atoms with Gasteiger partial charge >= 0.3 is 0 Å². The molecule has 0 fully saturated rings. The summed E-state index contributed by atoms with van der Waals surface area (Å²) >= 11 is 2.76. The van der Waals surface area contributed by atoms with Crippen LogP contribution >= 0.6 is 22.7 Å². The zero-order chi connectivity index (χ0) is 18.7. The van der Waals surface area contributed by atoms with Gasteiger partial charge in [0.2, 0.25) is 10.0 Å². The van der Waals surface area contributed by atoms with Gasteiger partial charge in [-0.2, -0.15) is 0 Å². The van der Waals surface area contributed by atoms with Crippen molar-refractivity contribution in [2.24, 2.45) is 0 Å². The number of rotatable bonds is 7. The van der Waals surface area contributed by atoms with Crippen LogP contribution in [0.4, 0.5) is 4.39 Å². The van der Waals surface area contributed by atoms with Crippen LogP contribution in [0.1, 0.15) is 22.4 Å². The van der Waals surface area contributed by atoms with Gasteiger partial charge in [-0.15, -0.1) is 22.7 Å². The number of aryl methyl sites for hydroxylation is 2. The highest BCUT2D eigenvalue weighted by atomic mass is 32.2. The molecule has 0 saturated carbocycles. The van der Waals surface area contributed by atoms with E-state index in [1.54, 1.807) is 12.1 Å². The molecule has 0 aliphatic heterocycles. The van der Waals surface area contributed by atoms with Gasteiger partial charge in [0.25, 0.3) is 0 Å². The van der Waals surface area contributed by atoms with Crippen molar-refractivity contribution in [3.8, 4) is 10.6 Å². The first kappa shape index (κ1) is 19.2. The van der Waals surface area contributed by atoms with Gasteiger partial charge in [-0.25, -0.2) is 22.5 Å². The number of thiazole rings is 1. The Hall–Kier alpha value is -1.61. The molecule has 0 saturated heterocycles. The molecule has 0 aliphatic rings. The number of hydrogen-bond acceptors (Lipinski definition) is 5. The molecule has 0 amide bonds. The minimum Gasteiger partial charge on any atom is -0.241 e. The Labute approximate surface area is 160 Å². The molecule has 1 aromatic carbocycles. The van der Waals surface area contributed by atoms with Crippen molar-refractivity contribution in [3.05, 3.63) is 57.7 Å². The predicted molar refractivity (Wildman–Crippen MR) is 105 cm³/mol. The van der Waals surface area contributed by atoms with Gasteiger partial charge in [0, 0.05) is 21.9 Å². The van der Waals surface area contributed by atoms with Crippen LogP contribution in [0.2, 0.25) is 0 Å². The van der Waals surface area contributed by atoms with Crippen molar-refractivity contribution in [3.63, 3.8) is 0 Å². The standard InChI is InChI=1S/C18H19FN2O2S3/c1-3-15-7-8-17(24-15)26(22,23)20-10-9-16-12(2)21-18(25-16)13-5-4-6-14(19)11-13/h4-8,11,20H,3,9-10H2,1-2H3. The second-order valence-corrected chi connectivity index (χ2v) is 10.0. The van der Waals surface area contributed by atoms with E-state index < -0.39 is 10.0 Å². The lowest BCUT2D eigenvalue weighted by molar-refractivity contribution is 0.584. The number of nitrogens with one attached hydrogen (secondary N) is 1. The average molecular weight is 411 g/mol. The summed E-state index contributed by atoms with van der Waals surface area (Å²) in [7, 11) is -3.48. The Morgan fingerprint density at radius 3 is 2.69 bits per heavy atom. The maximum absolute atomic E-state index is 13.4. The summed E-state index contributed by atoms with van der Waals surface area (Å²) in [6, 6.07) is 9.81. The molecule has 26 heavy (non-hydrogen) atoms. The first-order valence-corrected chi connectivity index (χ1v) is 11.3. The van der Waals surface area contributed by atoms with Crippen LogP contribution in [0.25, 0.3) is 10.6 Å². The van der Waals surface area contributed by atoms with Gasteiger partial charge in [0.1, 0.15) is 15.0 Å². The van der Waals surface area contributed by atoms with E-state index in [0.717, 1.165) is 32.4 Å². The fraction of sp³-hybridized carbons (Fsp3) is 0.278. The lowest BCUT2D eigenvalue weighted by Crippen LogP contribution is -2.25. The van der Waals surface area contributed by atoms with Gasteiger partial charge < -0.3 is 0 Å². The Morgan fingerprint density at radius 1 is 1.19 bits per heavy atom. The normalized spacial score (nSPS) is 11.8. The highest BCUT2D eigenvalue weighted by molar-refractivity contribution is 7.91. The van der Waals surface area contributed by atoms with Gasteiger partial charge in [0.05, 0.1) is 5.69 Å². The van der Waals surface area contributed by atoms with E-state index in [4.69, 9.17) is 0 Å². The highest BCUT2D eigenvalue weighted by Gasteiger charge is 2.17. The summed E-state index contributed by atoms with van der Waals surface area (Å²) in [4.78, 5) is 6.52. The third-order valence-corrected chi connectivity index (χ3v) is 8.31. The molecule has 0 unspecified atom stereocenters. The van der Waals surface area contributed by atoms with E-state index in [1.807, 2.05) is 26.0 Å². The van der Waals surface area contributed by atoms with Gasteiger partial charge in [-0.3, -0.25) is 0 Å². The molecular weight excluding hydrogens is 391 g/mol. The average Bonchev–Trinajstić information content (AvgIpc) is 3.22. The van der Waals surface area contributed by atoms with Crippen molar-refractivity contribution in [1.82, 2.24) is 9.71 Å². The SMILES string of the molecule is CCc1ccc(S(=O)(=O)NCCc2sc(-c3cccc(F)c3)nc2C)s1. The third-order valence-electron chi connectivity index (χ3n) is 3.86. The van der Waals surface area contributed by atoms with E-state index in [1.165, 1.54) is 34.8 Å². The van der Waals surface area contributed by atoms with E-state index in [-0.39, 0.29) is 5.82 Å². The fourth-order valence-electron chi connectivity index (χ4n) is 2.47. The molecular formula is C18H19FN2O2S3. The lowest BCUT2D eigenvalue weighted by Gasteiger charge is -2.04. The maximum atomic E-state index is 13.4. The number of sulfonamides is 1. The van der Waals surface area contributed by atoms with Crippen LogP contribution in [0, 0.1) is 12.7 Å². The molecule has 2 aromatic heterocycles. The van der Waals surface area contributed by atoms with E-state index in [9.17, 15) is 12.8 Å². The second kappa shape index (κ2) is 7.96. The third kappa shape index (κ3) is 4.37. The van der Waals surface area contributed by atoms with Gasteiger partial charge in [-0.1, -0.05) is 19.1 Å². The first-order chi connectivity index (χ1) is 12.4. The van der Waals surface area contributed by atoms with Gasteiger partial charge in [-0.05, 0) is 44.0 Å². The predicted octanol–water partition coefficient (Wildman–Crippen LogP) is 4.40. The quantitative estimate of drug-likeness (QED) is 0.628. The van der Waals surface area contributed by atoms with Crippen molar-refractivity contribution in [2.45, 2.75) is 30.9 Å². The van der Waals surface area contributed by atoms with Crippen molar-refractivity contribution < 1.29 is 12.8 Å². The highest BCUT2D eigenvalue weighted by Crippen LogP contribution is 2.28. The second-order valence-electron chi connectivity index (χ2n) is 5.76. The van der Waals surface area contributed by atoms with Crippen molar-refractivity contribution >= 4 is 32.7 Å². The molecule has 3 aromatic rings. The zero-order valence-corrected chi connectivity index (χ0v) is 16.9. The summed E-state index contributed by atoms with van der Waals surface area (Å²) in [6.45, 7) is 4.18. The van der Waals surface area contributed by atoms with Crippen LogP contribution in [0.5, 0.6) is 0 Å². The fourth-order valence-corrected chi connectivity index (χ4v) is 5.90. The summed E-state index contributed by atoms with van der Waals surface area (Å²) in [6.07, 6.45) is 1.37. The number of nitrogens with zero attached hydrogens (tertiary/aromatic N) is 1. The van der Waals surface area contributed by atoms with E-state index >= 15 is 0 Å². The minimum absolute atomic E-state index is 0.299. The molecule has 2 heterocycles. The van der Waals surface area contributed by atoms with Crippen molar-refractivity contribution in [2.75, 3.05) is 6.54 Å². The monoisotopic (exact) mass is 410 g/mol. The molecule has 0 aliphatic carbocycles.